The Balaban J connectivity index is 1.56. The van der Waals surface area contributed by atoms with Gasteiger partial charge in [-0.25, -0.2) is 9.18 Å². The fraction of sp³-hybridized carbons (Fsp3) is 0.0800. The van der Waals surface area contributed by atoms with Crippen molar-refractivity contribution in [3.63, 3.8) is 0 Å². The van der Waals surface area contributed by atoms with Crippen LogP contribution < -0.4 is 9.47 Å². The zero-order chi connectivity index (χ0) is 24.2. The summed E-state index contributed by atoms with van der Waals surface area (Å²) in [5, 5.41) is -0.407. The van der Waals surface area contributed by atoms with E-state index in [1.54, 1.807) is 48.5 Å². The summed E-state index contributed by atoms with van der Waals surface area (Å²) in [6.07, 6.45) is 1.59. The summed E-state index contributed by atoms with van der Waals surface area (Å²) in [6.45, 7) is 0.0531. The average molecular weight is 589 g/mol. The minimum atomic E-state index is -0.522. The van der Waals surface area contributed by atoms with E-state index < -0.39 is 17.1 Å². The number of benzene rings is 3. The third kappa shape index (κ3) is 5.31. The molecule has 34 heavy (non-hydrogen) atoms. The van der Waals surface area contributed by atoms with Crippen molar-refractivity contribution in [3.8, 4) is 11.5 Å². The second kappa shape index (κ2) is 10.4. The van der Waals surface area contributed by atoms with Crippen LogP contribution in [0.4, 0.5) is 9.18 Å². The molecule has 6 nitrogen and oxygen atoms in total. The van der Waals surface area contributed by atoms with E-state index >= 15 is 0 Å². The highest BCUT2D eigenvalue weighted by Gasteiger charge is 2.35. The molecule has 0 atom stereocenters. The van der Waals surface area contributed by atoms with Gasteiger partial charge in [0.15, 0.2) is 11.5 Å². The van der Waals surface area contributed by atoms with Crippen LogP contribution in [0.2, 0.25) is 0 Å². The van der Waals surface area contributed by atoms with Gasteiger partial charge in [0.2, 0.25) is 0 Å². The Hall–Kier alpha value is -3.18. The third-order valence-corrected chi connectivity index (χ3v) is 6.59. The molecule has 0 aromatic heterocycles. The lowest BCUT2D eigenvalue weighted by atomic mass is 10.1. The summed E-state index contributed by atoms with van der Waals surface area (Å²) in [6, 6.07) is 17.6. The maximum atomic E-state index is 13.1. The molecule has 4 rings (SSSR count). The number of ether oxygens (including phenoxy) is 2. The summed E-state index contributed by atoms with van der Waals surface area (Å²) >= 11 is 2.85. The van der Waals surface area contributed by atoms with Gasteiger partial charge in [0.05, 0.1) is 27.7 Å². The second-order valence-corrected chi connectivity index (χ2v) is 9.34. The monoisotopic (exact) mass is 589 g/mol. The second-order valence-electron chi connectivity index (χ2n) is 7.18. The Labute approximate surface area is 212 Å². The van der Waals surface area contributed by atoms with Gasteiger partial charge in [-0.2, -0.15) is 0 Å². The molecule has 9 heteroatoms. The number of rotatable bonds is 6. The Bertz CT molecular complexity index is 1290. The number of carbonyl (C=O) groups excluding carboxylic acids is 3. The van der Waals surface area contributed by atoms with Crippen molar-refractivity contribution in [2.75, 3.05) is 7.11 Å². The minimum Gasteiger partial charge on any atom is -0.493 e. The van der Waals surface area contributed by atoms with Crippen molar-refractivity contribution < 1.29 is 28.2 Å². The van der Waals surface area contributed by atoms with Gasteiger partial charge in [-0.1, -0.05) is 30.3 Å². The standard InChI is InChI=1S/C25H17FINO5S/c1-32-20-12-16(11-19(27)22(20)33-24(30)17-5-3-2-4-6-17)13-21-23(29)28(25(31)34-21)14-15-7-9-18(26)10-8-15/h2-13H,14H2,1H3/b21-13-. The Kier molecular flexibility index (Phi) is 7.32. The van der Waals surface area contributed by atoms with Gasteiger partial charge in [0.1, 0.15) is 5.82 Å². The maximum absolute atomic E-state index is 13.1. The fourth-order valence-electron chi connectivity index (χ4n) is 3.21. The topological polar surface area (TPSA) is 72.9 Å². The van der Waals surface area contributed by atoms with Gasteiger partial charge < -0.3 is 9.47 Å². The predicted molar refractivity (Wildman–Crippen MR) is 135 cm³/mol. The molecule has 1 heterocycles. The van der Waals surface area contributed by atoms with Crippen molar-refractivity contribution >= 4 is 57.5 Å². The van der Waals surface area contributed by atoms with E-state index in [2.05, 4.69) is 0 Å². The number of imide groups is 1. The first-order valence-corrected chi connectivity index (χ1v) is 11.9. The van der Waals surface area contributed by atoms with Crippen molar-refractivity contribution in [2.24, 2.45) is 0 Å². The van der Waals surface area contributed by atoms with E-state index in [1.165, 1.54) is 31.4 Å². The highest BCUT2D eigenvalue weighted by atomic mass is 127. The first-order chi connectivity index (χ1) is 16.4. The van der Waals surface area contributed by atoms with Crippen LogP contribution >= 0.6 is 34.4 Å². The molecule has 2 amide bonds. The van der Waals surface area contributed by atoms with Crippen LogP contribution in [0.15, 0.2) is 71.6 Å². The van der Waals surface area contributed by atoms with Gasteiger partial charge in [-0.05, 0) is 88.0 Å². The molecule has 0 bridgehead atoms. The summed E-state index contributed by atoms with van der Waals surface area (Å²) in [5.74, 6) is -0.773. The Morgan fingerprint density at radius 1 is 1.09 bits per heavy atom. The molecular formula is C25H17FINO5S. The largest absolute Gasteiger partial charge is 0.493 e. The molecule has 1 aliphatic heterocycles. The van der Waals surface area contributed by atoms with Gasteiger partial charge in [0, 0.05) is 0 Å². The fourth-order valence-corrected chi connectivity index (χ4v) is 4.78. The number of carbonyl (C=O) groups is 3. The summed E-state index contributed by atoms with van der Waals surface area (Å²) < 4.78 is 24.7. The average Bonchev–Trinajstić information content (AvgIpc) is 3.09. The lowest BCUT2D eigenvalue weighted by molar-refractivity contribution is -0.123. The number of nitrogens with zero attached hydrogens (tertiary/aromatic N) is 1. The van der Waals surface area contributed by atoms with Crippen LogP contribution in [0.25, 0.3) is 6.08 Å². The molecule has 0 spiro atoms. The normalized spacial score (nSPS) is 14.6. The number of halogens is 2. The van der Waals surface area contributed by atoms with Crippen LogP contribution in [0, 0.1) is 9.39 Å². The van der Waals surface area contributed by atoms with Gasteiger partial charge in [-0.15, -0.1) is 0 Å². The van der Waals surface area contributed by atoms with E-state index in [0.29, 0.717) is 26.0 Å². The molecule has 1 aliphatic rings. The maximum Gasteiger partial charge on any atom is 0.343 e. The zero-order valence-electron chi connectivity index (χ0n) is 17.8. The molecule has 0 saturated carbocycles. The lowest BCUT2D eigenvalue weighted by Crippen LogP contribution is -2.27. The quantitative estimate of drug-likeness (QED) is 0.155. The van der Waals surface area contributed by atoms with E-state index in [0.717, 1.165) is 16.7 Å². The molecule has 3 aromatic rings. The number of hydrogen-bond acceptors (Lipinski definition) is 6. The molecule has 0 unspecified atom stereocenters. The number of esters is 1. The summed E-state index contributed by atoms with van der Waals surface area (Å²) in [4.78, 5) is 39.1. The molecule has 0 aliphatic carbocycles. The predicted octanol–water partition coefficient (Wildman–Crippen LogP) is 5.89. The lowest BCUT2D eigenvalue weighted by Gasteiger charge is -2.13. The summed E-state index contributed by atoms with van der Waals surface area (Å²) in [5.41, 5.74) is 1.65. The van der Waals surface area contributed by atoms with Crippen LogP contribution in [0.1, 0.15) is 21.5 Å². The first kappa shape index (κ1) is 24.0. The molecule has 1 fully saturated rings. The minimum absolute atomic E-state index is 0.0531. The number of thioether (sulfide) groups is 1. The van der Waals surface area contributed by atoms with Crippen molar-refractivity contribution in [1.82, 2.24) is 4.90 Å². The number of amides is 2. The van der Waals surface area contributed by atoms with Crippen LogP contribution in [-0.2, 0) is 11.3 Å². The molecule has 0 N–H and O–H groups in total. The van der Waals surface area contributed by atoms with Crippen LogP contribution in [-0.4, -0.2) is 29.1 Å². The van der Waals surface area contributed by atoms with E-state index in [4.69, 9.17) is 9.47 Å². The smallest absolute Gasteiger partial charge is 0.343 e. The molecule has 172 valence electrons. The number of methoxy groups -OCH3 is 1. The van der Waals surface area contributed by atoms with E-state index in [1.807, 2.05) is 22.6 Å². The highest BCUT2D eigenvalue weighted by Crippen LogP contribution is 2.38. The SMILES string of the molecule is COc1cc(/C=C2\SC(=O)N(Cc3ccc(F)cc3)C2=O)cc(I)c1OC(=O)c1ccccc1. The summed E-state index contributed by atoms with van der Waals surface area (Å²) in [7, 11) is 1.45. The van der Waals surface area contributed by atoms with Crippen molar-refractivity contribution in [1.29, 1.82) is 0 Å². The van der Waals surface area contributed by atoms with Crippen molar-refractivity contribution in [3.05, 3.63) is 97.7 Å². The van der Waals surface area contributed by atoms with Gasteiger partial charge in [0.25, 0.3) is 11.1 Å². The molecule has 1 saturated heterocycles. The Morgan fingerprint density at radius 2 is 1.79 bits per heavy atom. The van der Waals surface area contributed by atoms with Gasteiger partial charge >= 0.3 is 5.97 Å². The number of hydrogen-bond donors (Lipinski definition) is 0. The van der Waals surface area contributed by atoms with E-state index in [9.17, 15) is 18.8 Å². The van der Waals surface area contributed by atoms with Crippen LogP contribution in [0.3, 0.4) is 0 Å². The molecule has 3 aromatic carbocycles. The van der Waals surface area contributed by atoms with Crippen molar-refractivity contribution in [2.45, 2.75) is 6.54 Å². The zero-order valence-corrected chi connectivity index (χ0v) is 20.8. The third-order valence-electron chi connectivity index (χ3n) is 4.88. The van der Waals surface area contributed by atoms with Crippen LogP contribution in [0.5, 0.6) is 11.5 Å². The first-order valence-electron chi connectivity index (χ1n) is 10.0. The molecule has 0 radical (unpaired) electrons. The Morgan fingerprint density at radius 3 is 2.47 bits per heavy atom. The van der Waals surface area contributed by atoms with E-state index in [-0.39, 0.29) is 23.0 Å². The molecular weight excluding hydrogens is 572 g/mol. The van der Waals surface area contributed by atoms with Gasteiger partial charge in [-0.3, -0.25) is 14.5 Å². The highest BCUT2D eigenvalue weighted by molar-refractivity contribution is 14.1.